The Morgan fingerprint density at radius 1 is 1.30 bits per heavy atom. The van der Waals surface area contributed by atoms with Crippen LogP contribution in [0, 0.1) is 6.92 Å². The van der Waals surface area contributed by atoms with Gasteiger partial charge in [-0.3, -0.25) is 14.5 Å². The number of H-pyrrole nitrogens is 1. The van der Waals surface area contributed by atoms with Gasteiger partial charge in [0, 0.05) is 38.6 Å². The van der Waals surface area contributed by atoms with E-state index in [1.165, 1.54) is 0 Å². The molecule has 162 valence electrons. The molecule has 1 aromatic carbocycles. The fourth-order valence-corrected chi connectivity index (χ4v) is 3.57. The smallest absolute Gasteiger partial charge is 0.237 e. The summed E-state index contributed by atoms with van der Waals surface area (Å²) in [5.41, 5.74) is 1.93. The first-order chi connectivity index (χ1) is 14.4. The lowest BCUT2D eigenvalue weighted by atomic mass is 10.1. The Kier molecular flexibility index (Phi) is 6.94. The zero-order valence-electron chi connectivity index (χ0n) is 17.9. The number of nitrogens with one attached hydrogen (secondary N) is 2. The molecule has 3 rings (SSSR count). The Balaban J connectivity index is 1.68. The van der Waals surface area contributed by atoms with Crippen molar-refractivity contribution in [2.75, 3.05) is 34.4 Å². The maximum atomic E-state index is 12.8. The average Bonchev–Trinajstić information content (AvgIpc) is 3.14. The number of imidazole rings is 1. The largest absolute Gasteiger partial charge is 0.493 e. The van der Waals surface area contributed by atoms with Crippen molar-refractivity contribution in [3.05, 3.63) is 41.5 Å². The normalized spacial score (nSPS) is 16.8. The molecule has 1 aliphatic rings. The van der Waals surface area contributed by atoms with Crippen LogP contribution in [0.4, 0.5) is 0 Å². The van der Waals surface area contributed by atoms with Gasteiger partial charge in [-0.05, 0) is 24.6 Å². The Morgan fingerprint density at radius 2 is 2.07 bits per heavy atom. The fourth-order valence-electron chi connectivity index (χ4n) is 3.57. The lowest BCUT2D eigenvalue weighted by Crippen LogP contribution is -2.56. The average molecular weight is 415 g/mol. The molecule has 9 heteroatoms. The van der Waals surface area contributed by atoms with Gasteiger partial charge in [0.1, 0.15) is 5.82 Å². The molecule has 0 aliphatic carbocycles. The third kappa shape index (κ3) is 5.10. The van der Waals surface area contributed by atoms with E-state index in [2.05, 4.69) is 15.3 Å². The minimum atomic E-state index is -0.528. The molecular formula is C21H29N5O4. The van der Waals surface area contributed by atoms with E-state index in [0.717, 1.165) is 17.1 Å². The summed E-state index contributed by atoms with van der Waals surface area (Å²) >= 11 is 0. The molecule has 1 aromatic heterocycles. The van der Waals surface area contributed by atoms with E-state index >= 15 is 0 Å². The number of nitrogens with zero attached hydrogens (tertiary/aromatic N) is 3. The van der Waals surface area contributed by atoms with E-state index in [9.17, 15) is 9.59 Å². The molecular weight excluding hydrogens is 386 g/mol. The number of aromatic nitrogens is 2. The first kappa shape index (κ1) is 21.6. The van der Waals surface area contributed by atoms with Gasteiger partial charge in [0.15, 0.2) is 11.5 Å². The summed E-state index contributed by atoms with van der Waals surface area (Å²) in [5.74, 6) is 1.77. The first-order valence-electron chi connectivity index (χ1n) is 9.88. The summed E-state index contributed by atoms with van der Waals surface area (Å²) in [6.07, 6.45) is 1.84. The highest BCUT2D eigenvalue weighted by Crippen LogP contribution is 2.28. The van der Waals surface area contributed by atoms with Crippen molar-refractivity contribution in [1.29, 1.82) is 0 Å². The number of piperazine rings is 1. The van der Waals surface area contributed by atoms with Gasteiger partial charge in [0.05, 0.1) is 33.2 Å². The Labute approximate surface area is 176 Å². The Morgan fingerprint density at radius 3 is 2.73 bits per heavy atom. The van der Waals surface area contributed by atoms with Gasteiger partial charge in [-0.15, -0.1) is 0 Å². The predicted molar refractivity (Wildman–Crippen MR) is 111 cm³/mol. The van der Waals surface area contributed by atoms with Crippen molar-refractivity contribution < 1.29 is 19.1 Å². The summed E-state index contributed by atoms with van der Waals surface area (Å²) in [4.78, 5) is 36.3. The molecule has 1 aliphatic heterocycles. The van der Waals surface area contributed by atoms with Crippen LogP contribution in [0.25, 0.3) is 0 Å². The maximum Gasteiger partial charge on any atom is 0.237 e. The number of benzene rings is 1. The summed E-state index contributed by atoms with van der Waals surface area (Å²) in [6.45, 7) is 4.04. The van der Waals surface area contributed by atoms with Gasteiger partial charge in [-0.25, -0.2) is 4.98 Å². The number of methoxy groups -OCH3 is 2. The van der Waals surface area contributed by atoms with Crippen LogP contribution in [0.1, 0.15) is 23.5 Å². The zero-order valence-corrected chi connectivity index (χ0v) is 17.9. The number of aryl methyl sites for hydroxylation is 1. The molecule has 2 heterocycles. The van der Waals surface area contributed by atoms with Crippen molar-refractivity contribution >= 4 is 11.8 Å². The highest BCUT2D eigenvalue weighted by Gasteiger charge is 2.32. The lowest BCUT2D eigenvalue weighted by molar-refractivity contribution is -0.138. The summed E-state index contributed by atoms with van der Waals surface area (Å²) in [6, 6.07) is 5.16. The lowest BCUT2D eigenvalue weighted by Gasteiger charge is -2.35. The molecule has 2 aromatic rings. The third-order valence-electron chi connectivity index (χ3n) is 5.21. The number of ether oxygens (including phenoxy) is 2. The van der Waals surface area contributed by atoms with Crippen molar-refractivity contribution in [3.8, 4) is 11.5 Å². The van der Waals surface area contributed by atoms with Gasteiger partial charge in [-0.1, -0.05) is 6.07 Å². The van der Waals surface area contributed by atoms with E-state index in [1.54, 1.807) is 32.4 Å². The molecule has 9 nitrogen and oxygen atoms in total. The third-order valence-corrected chi connectivity index (χ3v) is 5.21. The van der Waals surface area contributed by atoms with Gasteiger partial charge in [-0.2, -0.15) is 0 Å². The second-order valence-corrected chi connectivity index (χ2v) is 7.43. The van der Waals surface area contributed by atoms with Gasteiger partial charge in [0.2, 0.25) is 11.8 Å². The molecule has 1 unspecified atom stereocenters. The molecule has 1 atom stereocenters. The van der Waals surface area contributed by atoms with E-state index in [0.29, 0.717) is 37.7 Å². The number of hydrogen-bond donors (Lipinski definition) is 2. The monoisotopic (exact) mass is 415 g/mol. The zero-order chi connectivity index (χ0) is 21.7. The molecule has 1 saturated heterocycles. The first-order valence-corrected chi connectivity index (χ1v) is 9.88. The minimum absolute atomic E-state index is 0.106. The minimum Gasteiger partial charge on any atom is -0.493 e. The van der Waals surface area contributed by atoms with Gasteiger partial charge >= 0.3 is 0 Å². The second kappa shape index (κ2) is 9.62. The quantitative estimate of drug-likeness (QED) is 0.669. The Bertz CT molecular complexity index is 897. The van der Waals surface area contributed by atoms with Crippen LogP contribution in [0.15, 0.2) is 24.4 Å². The molecule has 0 saturated carbocycles. The molecule has 0 bridgehead atoms. The van der Waals surface area contributed by atoms with E-state index in [1.807, 2.05) is 30.0 Å². The standard InChI is InChI=1S/C21H29N5O4/c1-14-11-23-19(24-14)13-25(2)20(27)10-16-21(28)22-7-8-26(16)12-15-5-6-17(29-3)18(9-15)30-4/h5-6,9,11,16H,7-8,10,12-13H2,1-4H3,(H,22,28)(H,23,24). The SMILES string of the molecule is COc1ccc(CN2CCNC(=O)C2CC(=O)N(C)Cc2ncc(C)[nH]2)cc1OC. The number of rotatable bonds is 8. The van der Waals surface area contributed by atoms with Crippen LogP contribution in [-0.4, -0.2) is 72.0 Å². The van der Waals surface area contributed by atoms with Gasteiger partial charge < -0.3 is 24.7 Å². The van der Waals surface area contributed by atoms with Gasteiger partial charge in [0.25, 0.3) is 0 Å². The molecule has 2 amide bonds. The maximum absolute atomic E-state index is 12.8. The molecule has 0 radical (unpaired) electrons. The number of hydrogen-bond acceptors (Lipinski definition) is 6. The summed E-state index contributed by atoms with van der Waals surface area (Å²) in [7, 11) is 4.90. The molecule has 2 N–H and O–H groups in total. The van der Waals surface area contributed by atoms with Crippen molar-refractivity contribution in [2.45, 2.75) is 32.5 Å². The van der Waals surface area contributed by atoms with Crippen LogP contribution < -0.4 is 14.8 Å². The van der Waals surface area contributed by atoms with E-state index in [-0.39, 0.29) is 18.2 Å². The van der Waals surface area contributed by atoms with Crippen molar-refractivity contribution in [1.82, 2.24) is 25.1 Å². The molecule has 1 fully saturated rings. The fraction of sp³-hybridized carbons (Fsp3) is 0.476. The number of carbonyl (C=O) groups excluding carboxylic acids is 2. The van der Waals surface area contributed by atoms with Crippen LogP contribution in [0.3, 0.4) is 0 Å². The van der Waals surface area contributed by atoms with Crippen LogP contribution in [0.5, 0.6) is 11.5 Å². The summed E-state index contributed by atoms with van der Waals surface area (Å²) in [5, 5.41) is 2.87. The highest BCUT2D eigenvalue weighted by molar-refractivity contribution is 5.88. The summed E-state index contributed by atoms with van der Waals surface area (Å²) < 4.78 is 10.7. The highest BCUT2D eigenvalue weighted by atomic mass is 16.5. The van der Waals surface area contributed by atoms with E-state index in [4.69, 9.17) is 9.47 Å². The van der Waals surface area contributed by atoms with Crippen molar-refractivity contribution in [2.24, 2.45) is 0 Å². The topological polar surface area (TPSA) is 99.8 Å². The van der Waals surface area contributed by atoms with E-state index < -0.39 is 6.04 Å². The predicted octanol–water partition coefficient (Wildman–Crippen LogP) is 1.08. The van der Waals surface area contributed by atoms with Crippen LogP contribution in [0.2, 0.25) is 0 Å². The van der Waals surface area contributed by atoms with Crippen LogP contribution >= 0.6 is 0 Å². The number of carbonyl (C=O) groups is 2. The molecule has 30 heavy (non-hydrogen) atoms. The number of amides is 2. The van der Waals surface area contributed by atoms with Crippen LogP contribution in [-0.2, 0) is 22.7 Å². The Hall–Kier alpha value is -3.07. The second-order valence-electron chi connectivity index (χ2n) is 7.43. The van der Waals surface area contributed by atoms with Crippen molar-refractivity contribution in [3.63, 3.8) is 0 Å². The molecule has 0 spiro atoms. The number of aromatic amines is 1.